The highest BCUT2D eigenvalue weighted by Gasteiger charge is 2.24. The molecule has 1 aliphatic rings. The van der Waals surface area contributed by atoms with Gasteiger partial charge in [0.15, 0.2) is 0 Å². The molecule has 18 heavy (non-hydrogen) atoms. The molecule has 0 amide bonds. The Balaban J connectivity index is 2.51. The van der Waals surface area contributed by atoms with Crippen molar-refractivity contribution < 1.29 is 4.74 Å². The minimum absolute atomic E-state index is 0.598. The van der Waals surface area contributed by atoms with Gasteiger partial charge in [0.2, 0.25) is 0 Å². The molecule has 0 saturated heterocycles. The standard InChI is InChI=1S/C17H26O/c1-12(2)15-8-5-7-14-11-18-10-6-9-16(13(3)4)17(14)15/h5,7-8,12-13,16H,6,9-11H2,1-4H3. The van der Waals surface area contributed by atoms with Gasteiger partial charge in [0.1, 0.15) is 0 Å². The zero-order valence-corrected chi connectivity index (χ0v) is 12.2. The molecule has 2 rings (SSSR count). The molecule has 1 atom stereocenters. The molecule has 1 aliphatic heterocycles. The number of benzene rings is 1. The van der Waals surface area contributed by atoms with E-state index < -0.39 is 0 Å². The number of hydrogen-bond donors (Lipinski definition) is 0. The van der Waals surface area contributed by atoms with E-state index in [1.165, 1.54) is 24.0 Å². The molecule has 0 N–H and O–H groups in total. The van der Waals surface area contributed by atoms with Crippen LogP contribution in [0.2, 0.25) is 0 Å². The van der Waals surface area contributed by atoms with Crippen LogP contribution in [-0.2, 0) is 11.3 Å². The van der Waals surface area contributed by atoms with Crippen molar-refractivity contribution in [2.75, 3.05) is 6.61 Å². The second-order valence-electron chi connectivity index (χ2n) is 6.12. The van der Waals surface area contributed by atoms with E-state index in [9.17, 15) is 0 Å². The average molecular weight is 246 g/mol. The van der Waals surface area contributed by atoms with Gasteiger partial charge in [-0.3, -0.25) is 0 Å². The highest BCUT2D eigenvalue weighted by atomic mass is 16.5. The SMILES string of the molecule is CC(C)c1cccc2c1C(C(C)C)CCCOC2. The van der Waals surface area contributed by atoms with Gasteiger partial charge >= 0.3 is 0 Å². The molecule has 1 heteroatoms. The summed E-state index contributed by atoms with van der Waals surface area (Å²) in [5, 5.41) is 0. The Morgan fingerprint density at radius 3 is 2.61 bits per heavy atom. The lowest BCUT2D eigenvalue weighted by molar-refractivity contribution is 0.108. The number of ether oxygens (including phenoxy) is 1. The zero-order valence-electron chi connectivity index (χ0n) is 12.2. The Labute approximate surface area is 112 Å². The van der Waals surface area contributed by atoms with Crippen LogP contribution < -0.4 is 0 Å². The van der Waals surface area contributed by atoms with E-state index in [0.29, 0.717) is 17.8 Å². The summed E-state index contributed by atoms with van der Waals surface area (Å²) in [6, 6.07) is 6.75. The monoisotopic (exact) mass is 246 g/mol. The second-order valence-corrected chi connectivity index (χ2v) is 6.12. The van der Waals surface area contributed by atoms with Crippen molar-refractivity contribution in [1.29, 1.82) is 0 Å². The summed E-state index contributed by atoms with van der Waals surface area (Å²) in [6.07, 6.45) is 2.45. The molecule has 0 saturated carbocycles. The van der Waals surface area contributed by atoms with Crippen molar-refractivity contribution >= 4 is 0 Å². The van der Waals surface area contributed by atoms with Crippen LogP contribution in [0.25, 0.3) is 0 Å². The highest BCUT2D eigenvalue weighted by Crippen LogP contribution is 2.38. The van der Waals surface area contributed by atoms with E-state index in [2.05, 4.69) is 45.9 Å². The molecule has 0 fully saturated rings. The van der Waals surface area contributed by atoms with Crippen LogP contribution in [0.1, 0.15) is 69.1 Å². The van der Waals surface area contributed by atoms with Crippen LogP contribution in [0.4, 0.5) is 0 Å². The molecule has 100 valence electrons. The quantitative estimate of drug-likeness (QED) is 0.724. The highest BCUT2D eigenvalue weighted by molar-refractivity contribution is 5.40. The third-order valence-corrected chi connectivity index (χ3v) is 4.09. The Morgan fingerprint density at radius 1 is 1.17 bits per heavy atom. The first-order valence-electron chi connectivity index (χ1n) is 7.30. The third-order valence-electron chi connectivity index (χ3n) is 4.09. The minimum Gasteiger partial charge on any atom is -0.377 e. The van der Waals surface area contributed by atoms with Crippen molar-refractivity contribution in [3.63, 3.8) is 0 Å². The molecule has 1 nitrogen and oxygen atoms in total. The van der Waals surface area contributed by atoms with E-state index in [4.69, 9.17) is 4.74 Å². The van der Waals surface area contributed by atoms with Crippen molar-refractivity contribution in [2.24, 2.45) is 5.92 Å². The first kappa shape index (κ1) is 13.6. The first-order valence-corrected chi connectivity index (χ1v) is 7.30. The Kier molecular flexibility index (Phi) is 4.45. The zero-order chi connectivity index (χ0) is 13.1. The van der Waals surface area contributed by atoms with Crippen molar-refractivity contribution in [3.8, 4) is 0 Å². The summed E-state index contributed by atoms with van der Waals surface area (Å²) < 4.78 is 5.76. The Bertz CT molecular complexity index is 393. The molecule has 0 aromatic heterocycles. The van der Waals surface area contributed by atoms with Gasteiger partial charge in [-0.25, -0.2) is 0 Å². The van der Waals surface area contributed by atoms with E-state index >= 15 is 0 Å². The lowest BCUT2D eigenvalue weighted by atomic mass is 9.77. The van der Waals surface area contributed by atoms with E-state index in [1.54, 1.807) is 5.56 Å². The maximum absolute atomic E-state index is 5.76. The molecule has 1 heterocycles. The van der Waals surface area contributed by atoms with Gasteiger partial charge in [-0.2, -0.15) is 0 Å². The van der Waals surface area contributed by atoms with Crippen molar-refractivity contribution in [2.45, 2.75) is 59.0 Å². The Morgan fingerprint density at radius 2 is 1.94 bits per heavy atom. The average Bonchev–Trinajstić information content (AvgIpc) is 2.28. The maximum Gasteiger partial charge on any atom is 0.0719 e. The molecule has 1 unspecified atom stereocenters. The maximum atomic E-state index is 5.76. The molecule has 0 radical (unpaired) electrons. The van der Waals surface area contributed by atoms with Gasteiger partial charge in [0.25, 0.3) is 0 Å². The van der Waals surface area contributed by atoms with Crippen LogP contribution >= 0.6 is 0 Å². The largest absolute Gasteiger partial charge is 0.377 e. The van der Waals surface area contributed by atoms with Crippen LogP contribution in [0.3, 0.4) is 0 Å². The lowest BCUT2D eigenvalue weighted by Crippen LogP contribution is -2.17. The number of hydrogen-bond acceptors (Lipinski definition) is 1. The topological polar surface area (TPSA) is 9.23 Å². The van der Waals surface area contributed by atoms with Crippen LogP contribution in [0.15, 0.2) is 18.2 Å². The smallest absolute Gasteiger partial charge is 0.0719 e. The molecule has 1 aromatic carbocycles. The summed E-state index contributed by atoms with van der Waals surface area (Å²) in [6.45, 7) is 11.0. The van der Waals surface area contributed by atoms with Gasteiger partial charge in [0.05, 0.1) is 6.61 Å². The molecule has 0 aliphatic carbocycles. The lowest BCUT2D eigenvalue weighted by Gasteiger charge is -2.30. The fourth-order valence-electron chi connectivity index (χ4n) is 3.11. The van der Waals surface area contributed by atoms with E-state index in [-0.39, 0.29) is 0 Å². The summed E-state index contributed by atoms with van der Waals surface area (Å²) in [5.74, 6) is 2.00. The molecular weight excluding hydrogens is 220 g/mol. The normalized spacial score (nSPS) is 20.7. The third kappa shape index (κ3) is 2.77. The van der Waals surface area contributed by atoms with Gasteiger partial charge in [-0.1, -0.05) is 45.9 Å². The minimum atomic E-state index is 0.598. The predicted octanol–water partition coefficient (Wildman–Crippen LogP) is 4.86. The van der Waals surface area contributed by atoms with Gasteiger partial charge in [0, 0.05) is 6.61 Å². The van der Waals surface area contributed by atoms with Crippen LogP contribution in [-0.4, -0.2) is 6.61 Å². The number of rotatable bonds is 2. The molecule has 0 spiro atoms. The van der Waals surface area contributed by atoms with Crippen molar-refractivity contribution in [3.05, 3.63) is 34.9 Å². The van der Waals surface area contributed by atoms with Gasteiger partial charge < -0.3 is 4.74 Å². The molecular formula is C17H26O. The summed E-state index contributed by atoms with van der Waals surface area (Å²) in [5.41, 5.74) is 4.53. The predicted molar refractivity (Wildman–Crippen MR) is 77.0 cm³/mol. The summed E-state index contributed by atoms with van der Waals surface area (Å²) in [7, 11) is 0. The van der Waals surface area contributed by atoms with E-state index in [1.807, 2.05) is 0 Å². The van der Waals surface area contributed by atoms with Crippen LogP contribution in [0, 0.1) is 5.92 Å². The molecule has 0 bridgehead atoms. The Hall–Kier alpha value is -0.820. The van der Waals surface area contributed by atoms with Crippen LogP contribution in [0.5, 0.6) is 0 Å². The second kappa shape index (κ2) is 5.88. The molecule has 1 aromatic rings. The summed E-state index contributed by atoms with van der Waals surface area (Å²) in [4.78, 5) is 0. The summed E-state index contributed by atoms with van der Waals surface area (Å²) >= 11 is 0. The first-order chi connectivity index (χ1) is 8.61. The van der Waals surface area contributed by atoms with Gasteiger partial charge in [-0.05, 0) is 47.3 Å². The fourth-order valence-corrected chi connectivity index (χ4v) is 3.11. The van der Waals surface area contributed by atoms with Crippen molar-refractivity contribution in [1.82, 2.24) is 0 Å². The van der Waals surface area contributed by atoms with E-state index in [0.717, 1.165) is 13.2 Å². The van der Waals surface area contributed by atoms with Gasteiger partial charge in [-0.15, -0.1) is 0 Å². The fraction of sp³-hybridized carbons (Fsp3) is 0.647. The number of fused-ring (bicyclic) bond motifs is 1.